The molecule has 0 amide bonds. The topological polar surface area (TPSA) is 95.0 Å². The molecule has 0 saturated carbocycles. The largest absolute Gasteiger partial charge is 0.476 e. The Labute approximate surface area is 115 Å². The smallest absolute Gasteiger partial charge is 0.358 e. The molecule has 1 aromatic heterocycles. The summed E-state index contributed by atoms with van der Waals surface area (Å²) in [7, 11) is 1.91. The lowest BCUT2D eigenvalue weighted by Gasteiger charge is -2.18. The van der Waals surface area contributed by atoms with Gasteiger partial charge in [-0.1, -0.05) is 5.21 Å². The van der Waals surface area contributed by atoms with Gasteiger partial charge in [0.1, 0.15) is 0 Å². The van der Waals surface area contributed by atoms with Crippen molar-refractivity contribution in [2.24, 2.45) is 0 Å². The predicted octanol–water partition coefficient (Wildman–Crippen LogP) is 0.984. The Bertz CT molecular complexity index is 642. The Kier molecular flexibility index (Phi) is 3.96. The monoisotopic (exact) mass is 271 g/mol. The van der Waals surface area contributed by atoms with Gasteiger partial charge in [0.25, 0.3) is 0 Å². The van der Waals surface area contributed by atoms with Crippen LogP contribution in [0, 0.1) is 11.3 Å². The number of aromatic nitrogens is 3. The third-order valence-corrected chi connectivity index (χ3v) is 2.86. The summed E-state index contributed by atoms with van der Waals surface area (Å²) in [6, 6.07) is 9.30. The average Bonchev–Trinajstić information content (AvgIpc) is 2.94. The van der Waals surface area contributed by atoms with Crippen LogP contribution in [0.4, 0.5) is 5.69 Å². The highest BCUT2D eigenvalue weighted by Gasteiger charge is 2.08. The summed E-state index contributed by atoms with van der Waals surface area (Å²) in [4.78, 5) is 12.7. The molecule has 0 aliphatic rings. The normalized spacial score (nSPS) is 10.0. The molecule has 7 heteroatoms. The number of nitrogens with zero attached hydrogens (tertiary/aromatic N) is 5. The van der Waals surface area contributed by atoms with Crippen LogP contribution < -0.4 is 4.90 Å². The summed E-state index contributed by atoms with van der Waals surface area (Å²) in [5.41, 5.74) is 1.53. The van der Waals surface area contributed by atoms with Gasteiger partial charge in [0.05, 0.1) is 24.4 Å². The molecule has 1 aromatic carbocycles. The van der Waals surface area contributed by atoms with Gasteiger partial charge in [0.2, 0.25) is 0 Å². The number of likely N-dealkylation sites (N-methyl/N-ethyl adjacent to an activating group) is 1. The van der Waals surface area contributed by atoms with Crippen molar-refractivity contribution < 1.29 is 9.90 Å². The maximum atomic E-state index is 10.7. The summed E-state index contributed by atoms with van der Waals surface area (Å²) in [6.07, 6.45) is 1.40. The first-order valence-electron chi connectivity index (χ1n) is 5.95. The van der Waals surface area contributed by atoms with Crippen molar-refractivity contribution in [1.82, 2.24) is 15.0 Å². The number of nitriles is 1. The highest BCUT2D eigenvalue weighted by Crippen LogP contribution is 2.13. The first kappa shape index (κ1) is 13.5. The molecule has 0 saturated heterocycles. The Morgan fingerprint density at radius 1 is 1.45 bits per heavy atom. The first-order valence-corrected chi connectivity index (χ1v) is 5.95. The van der Waals surface area contributed by atoms with Crippen LogP contribution in [0.1, 0.15) is 16.1 Å². The van der Waals surface area contributed by atoms with Crippen molar-refractivity contribution >= 4 is 11.7 Å². The minimum atomic E-state index is -1.09. The van der Waals surface area contributed by atoms with Crippen molar-refractivity contribution in [3.63, 3.8) is 0 Å². The van der Waals surface area contributed by atoms with Crippen LogP contribution in [0.2, 0.25) is 0 Å². The number of rotatable bonds is 5. The van der Waals surface area contributed by atoms with Crippen molar-refractivity contribution in [1.29, 1.82) is 5.26 Å². The molecule has 20 heavy (non-hydrogen) atoms. The van der Waals surface area contributed by atoms with Crippen LogP contribution in [-0.4, -0.2) is 39.7 Å². The molecule has 0 unspecified atom stereocenters. The number of carboxylic acid groups (broad SMARTS) is 1. The van der Waals surface area contributed by atoms with Gasteiger partial charge in [0.15, 0.2) is 5.69 Å². The Morgan fingerprint density at radius 3 is 2.70 bits per heavy atom. The van der Waals surface area contributed by atoms with E-state index in [4.69, 9.17) is 10.4 Å². The van der Waals surface area contributed by atoms with Crippen LogP contribution in [0.3, 0.4) is 0 Å². The minimum Gasteiger partial charge on any atom is -0.476 e. The quantitative estimate of drug-likeness (QED) is 0.871. The summed E-state index contributed by atoms with van der Waals surface area (Å²) >= 11 is 0. The number of hydrogen-bond donors (Lipinski definition) is 1. The van der Waals surface area contributed by atoms with Crippen molar-refractivity contribution in [2.75, 3.05) is 18.5 Å². The lowest BCUT2D eigenvalue weighted by molar-refractivity contribution is 0.0690. The molecular weight excluding hydrogens is 258 g/mol. The summed E-state index contributed by atoms with van der Waals surface area (Å²) in [6.45, 7) is 1.17. The van der Waals surface area contributed by atoms with Crippen LogP contribution >= 0.6 is 0 Å². The first-order chi connectivity index (χ1) is 9.60. The zero-order valence-electron chi connectivity index (χ0n) is 10.9. The summed E-state index contributed by atoms with van der Waals surface area (Å²) in [5, 5.41) is 24.8. The summed E-state index contributed by atoms with van der Waals surface area (Å²) < 4.78 is 1.49. The van der Waals surface area contributed by atoms with E-state index >= 15 is 0 Å². The molecule has 2 rings (SSSR count). The van der Waals surface area contributed by atoms with Gasteiger partial charge < -0.3 is 10.0 Å². The van der Waals surface area contributed by atoms with E-state index in [2.05, 4.69) is 16.4 Å². The zero-order valence-corrected chi connectivity index (χ0v) is 10.9. The van der Waals surface area contributed by atoms with E-state index in [-0.39, 0.29) is 5.69 Å². The number of hydrogen-bond acceptors (Lipinski definition) is 5. The molecule has 0 aliphatic carbocycles. The number of aromatic carboxylic acids is 1. The molecule has 1 N–H and O–H groups in total. The Morgan fingerprint density at radius 2 is 2.15 bits per heavy atom. The highest BCUT2D eigenvalue weighted by atomic mass is 16.4. The Hall–Kier alpha value is -2.88. The lowest BCUT2D eigenvalue weighted by Crippen LogP contribution is -2.22. The van der Waals surface area contributed by atoms with E-state index in [1.54, 1.807) is 12.1 Å². The van der Waals surface area contributed by atoms with E-state index in [0.29, 0.717) is 18.7 Å². The molecular formula is C13H13N5O2. The summed E-state index contributed by atoms with van der Waals surface area (Å²) in [5.74, 6) is -1.09. The van der Waals surface area contributed by atoms with Crippen LogP contribution in [0.25, 0.3) is 0 Å². The number of benzene rings is 1. The van der Waals surface area contributed by atoms with Gasteiger partial charge in [-0.2, -0.15) is 5.26 Å². The van der Waals surface area contributed by atoms with E-state index in [1.165, 1.54) is 10.9 Å². The molecule has 0 aliphatic heterocycles. The fraction of sp³-hybridized carbons (Fsp3) is 0.231. The maximum Gasteiger partial charge on any atom is 0.358 e. The number of carboxylic acids is 1. The van der Waals surface area contributed by atoms with Gasteiger partial charge >= 0.3 is 5.97 Å². The van der Waals surface area contributed by atoms with E-state index in [0.717, 1.165) is 5.69 Å². The van der Waals surface area contributed by atoms with Gasteiger partial charge in [0, 0.05) is 19.3 Å². The van der Waals surface area contributed by atoms with Crippen molar-refractivity contribution in [3.05, 3.63) is 41.7 Å². The van der Waals surface area contributed by atoms with Crippen LogP contribution in [0.15, 0.2) is 30.5 Å². The Balaban J connectivity index is 1.95. The van der Waals surface area contributed by atoms with Crippen molar-refractivity contribution in [3.8, 4) is 6.07 Å². The van der Waals surface area contributed by atoms with Crippen LogP contribution in [-0.2, 0) is 6.54 Å². The van der Waals surface area contributed by atoms with Crippen LogP contribution in [0.5, 0.6) is 0 Å². The van der Waals surface area contributed by atoms with Crippen molar-refractivity contribution in [2.45, 2.75) is 6.54 Å². The zero-order chi connectivity index (χ0) is 14.5. The molecule has 2 aromatic rings. The average molecular weight is 271 g/mol. The maximum absolute atomic E-state index is 10.7. The minimum absolute atomic E-state index is 0.0639. The third-order valence-electron chi connectivity index (χ3n) is 2.86. The fourth-order valence-corrected chi connectivity index (χ4v) is 1.68. The SMILES string of the molecule is CN(CCn1cc(C(=O)O)nn1)c1ccc(C#N)cc1. The molecule has 0 bridgehead atoms. The van der Waals surface area contributed by atoms with E-state index in [1.807, 2.05) is 24.1 Å². The third kappa shape index (κ3) is 3.11. The molecule has 0 atom stereocenters. The van der Waals surface area contributed by atoms with Gasteiger partial charge in [-0.05, 0) is 24.3 Å². The van der Waals surface area contributed by atoms with Gasteiger partial charge in [-0.15, -0.1) is 5.10 Å². The molecule has 7 nitrogen and oxygen atoms in total. The lowest BCUT2D eigenvalue weighted by atomic mass is 10.2. The molecule has 0 spiro atoms. The predicted molar refractivity (Wildman–Crippen MR) is 71.4 cm³/mol. The van der Waals surface area contributed by atoms with E-state index in [9.17, 15) is 4.79 Å². The second-order valence-electron chi connectivity index (χ2n) is 4.25. The molecule has 1 heterocycles. The molecule has 102 valence electrons. The standard InChI is InChI=1S/C13H13N5O2/c1-17(11-4-2-10(8-14)3-5-11)6-7-18-9-12(13(19)20)15-16-18/h2-5,9H,6-7H2,1H3,(H,19,20). The fourth-order valence-electron chi connectivity index (χ4n) is 1.68. The highest BCUT2D eigenvalue weighted by molar-refractivity contribution is 5.84. The molecule has 0 fully saturated rings. The number of carbonyl (C=O) groups is 1. The number of anilines is 1. The van der Waals surface area contributed by atoms with Gasteiger partial charge in [-0.25, -0.2) is 9.48 Å². The second-order valence-corrected chi connectivity index (χ2v) is 4.25. The van der Waals surface area contributed by atoms with E-state index < -0.39 is 5.97 Å². The van der Waals surface area contributed by atoms with Gasteiger partial charge in [-0.3, -0.25) is 0 Å². The second kappa shape index (κ2) is 5.84. The molecule has 0 radical (unpaired) electrons.